The van der Waals surface area contributed by atoms with Crippen LogP contribution in [0.25, 0.3) is 0 Å². The summed E-state index contributed by atoms with van der Waals surface area (Å²) in [6.45, 7) is 8.27. The van der Waals surface area contributed by atoms with Crippen LogP contribution in [-0.4, -0.2) is 36.3 Å². The lowest BCUT2D eigenvalue weighted by Crippen LogP contribution is -2.43. The zero-order valence-corrected chi connectivity index (χ0v) is 14.5. The van der Waals surface area contributed by atoms with E-state index in [0.29, 0.717) is 18.9 Å². The third-order valence-corrected chi connectivity index (χ3v) is 4.71. The number of rotatable bonds is 5. The number of hydrogen-bond donors (Lipinski definition) is 1. The van der Waals surface area contributed by atoms with E-state index in [9.17, 15) is 9.59 Å². The van der Waals surface area contributed by atoms with Gasteiger partial charge >= 0.3 is 0 Å². The van der Waals surface area contributed by atoms with Gasteiger partial charge in [0.15, 0.2) is 0 Å². The Labute approximate surface area is 139 Å². The van der Waals surface area contributed by atoms with Gasteiger partial charge in [-0.3, -0.25) is 9.59 Å². The molecule has 1 saturated heterocycles. The molecule has 0 aliphatic carbocycles. The smallest absolute Gasteiger partial charge is 0.254 e. The van der Waals surface area contributed by atoms with Crippen LogP contribution in [0.4, 0.5) is 0 Å². The summed E-state index contributed by atoms with van der Waals surface area (Å²) in [6.07, 6.45) is 3.53. The number of hydrogen-bond acceptors (Lipinski definition) is 2. The first-order valence-corrected chi connectivity index (χ1v) is 8.65. The Morgan fingerprint density at radius 2 is 2.09 bits per heavy atom. The van der Waals surface area contributed by atoms with Crippen LogP contribution in [-0.2, 0) is 4.79 Å². The van der Waals surface area contributed by atoms with Gasteiger partial charge in [0, 0.05) is 31.6 Å². The van der Waals surface area contributed by atoms with E-state index in [4.69, 9.17) is 0 Å². The van der Waals surface area contributed by atoms with Gasteiger partial charge in [-0.25, -0.2) is 0 Å². The number of nitrogens with zero attached hydrogens (tertiary/aromatic N) is 1. The predicted molar refractivity (Wildman–Crippen MR) is 92.5 cm³/mol. The van der Waals surface area contributed by atoms with E-state index >= 15 is 0 Å². The van der Waals surface area contributed by atoms with Gasteiger partial charge in [0.05, 0.1) is 0 Å². The summed E-state index contributed by atoms with van der Waals surface area (Å²) in [7, 11) is 0. The second-order valence-corrected chi connectivity index (χ2v) is 6.56. The lowest BCUT2D eigenvalue weighted by Gasteiger charge is -2.33. The molecule has 2 rings (SSSR count). The van der Waals surface area contributed by atoms with E-state index in [0.717, 1.165) is 49.0 Å². The normalized spacial score (nSPS) is 17.9. The largest absolute Gasteiger partial charge is 0.356 e. The first-order valence-electron chi connectivity index (χ1n) is 8.65. The third kappa shape index (κ3) is 4.57. The van der Waals surface area contributed by atoms with Gasteiger partial charge < -0.3 is 10.2 Å². The van der Waals surface area contributed by atoms with Crippen molar-refractivity contribution >= 4 is 11.8 Å². The molecule has 0 bridgehead atoms. The van der Waals surface area contributed by atoms with Crippen molar-refractivity contribution in [1.29, 1.82) is 0 Å². The van der Waals surface area contributed by atoms with Gasteiger partial charge in [-0.05, 0) is 56.2 Å². The highest BCUT2D eigenvalue weighted by Gasteiger charge is 2.25. The molecule has 1 N–H and O–H groups in total. The standard InChI is InChI=1S/C19H28N2O2/c1-4-7-18(22)20-12-16-9-6-11-21(13-16)19(23)17-10-5-8-14(2)15(17)3/h5,8,10,16H,4,6-7,9,11-13H2,1-3H3,(H,20,22)/t16-/m1/s1. The monoisotopic (exact) mass is 316 g/mol. The van der Waals surface area contributed by atoms with Crippen molar-refractivity contribution in [2.45, 2.75) is 46.5 Å². The van der Waals surface area contributed by atoms with E-state index in [2.05, 4.69) is 5.32 Å². The topological polar surface area (TPSA) is 49.4 Å². The van der Waals surface area contributed by atoms with Crippen LogP contribution >= 0.6 is 0 Å². The second-order valence-electron chi connectivity index (χ2n) is 6.56. The van der Waals surface area contributed by atoms with Gasteiger partial charge in [-0.15, -0.1) is 0 Å². The lowest BCUT2D eigenvalue weighted by atomic mass is 9.96. The highest BCUT2D eigenvalue weighted by atomic mass is 16.2. The summed E-state index contributed by atoms with van der Waals surface area (Å²) in [5, 5.41) is 3.00. The molecule has 1 heterocycles. The highest BCUT2D eigenvalue weighted by Crippen LogP contribution is 2.21. The minimum atomic E-state index is 0.116. The Bertz CT molecular complexity index is 568. The van der Waals surface area contributed by atoms with Crippen molar-refractivity contribution in [2.75, 3.05) is 19.6 Å². The molecular weight excluding hydrogens is 288 g/mol. The molecule has 2 amide bonds. The summed E-state index contributed by atoms with van der Waals surface area (Å²) < 4.78 is 0. The number of benzene rings is 1. The Balaban J connectivity index is 1.96. The van der Waals surface area contributed by atoms with E-state index < -0.39 is 0 Å². The third-order valence-electron chi connectivity index (χ3n) is 4.71. The molecule has 1 fully saturated rings. The van der Waals surface area contributed by atoms with E-state index in [1.54, 1.807) is 0 Å². The molecule has 0 aromatic heterocycles. The molecule has 0 radical (unpaired) electrons. The number of nitrogens with one attached hydrogen (secondary N) is 1. The van der Waals surface area contributed by atoms with Crippen molar-refractivity contribution in [3.05, 3.63) is 34.9 Å². The van der Waals surface area contributed by atoms with Crippen molar-refractivity contribution in [3.63, 3.8) is 0 Å². The van der Waals surface area contributed by atoms with Gasteiger partial charge in [0.1, 0.15) is 0 Å². The maximum atomic E-state index is 12.8. The molecule has 126 valence electrons. The van der Waals surface area contributed by atoms with Gasteiger partial charge in [0.2, 0.25) is 5.91 Å². The van der Waals surface area contributed by atoms with Gasteiger partial charge in [-0.1, -0.05) is 19.1 Å². The van der Waals surface area contributed by atoms with Crippen molar-refractivity contribution < 1.29 is 9.59 Å². The fourth-order valence-electron chi connectivity index (χ4n) is 3.14. The molecular formula is C19H28N2O2. The van der Waals surface area contributed by atoms with Gasteiger partial charge in [-0.2, -0.15) is 0 Å². The number of carbonyl (C=O) groups is 2. The molecule has 0 saturated carbocycles. The summed E-state index contributed by atoms with van der Waals surface area (Å²) in [4.78, 5) is 26.4. The highest BCUT2D eigenvalue weighted by molar-refractivity contribution is 5.96. The quantitative estimate of drug-likeness (QED) is 0.907. The van der Waals surface area contributed by atoms with E-state index in [-0.39, 0.29) is 11.8 Å². The minimum absolute atomic E-state index is 0.116. The number of piperidine rings is 1. The molecule has 1 aliphatic rings. The lowest BCUT2D eigenvalue weighted by molar-refractivity contribution is -0.121. The number of amides is 2. The van der Waals surface area contributed by atoms with Crippen LogP contribution in [0.2, 0.25) is 0 Å². The molecule has 4 nitrogen and oxygen atoms in total. The van der Waals surface area contributed by atoms with E-state index in [1.165, 1.54) is 0 Å². The molecule has 23 heavy (non-hydrogen) atoms. The van der Waals surface area contributed by atoms with E-state index in [1.807, 2.05) is 43.9 Å². The maximum Gasteiger partial charge on any atom is 0.254 e. The summed E-state index contributed by atoms with van der Waals surface area (Å²) >= 11 is 0. The SMILES string of the molecule is CCCC(=O)NC[C@H]1CCCN(C(=O)c2cccc(C)c2C)C1. The van der Waals surface area contributed by atoms with Crippen LogP contribution in [0.5, 0.6) is 0 Å². The first-order chi connectivity index (χ1) is 11.0. The van der Waals surface area contributed by atoms with Crippen LogP contribution < -0.4 is 5.32 Å². The van der Waals surface area contributed by atoms with Crippen LogP contribution in [0.1, 0.15) is 54.1 Å². The predicted octanol–water partition coefficient (Wildman–Crippen LogP) is 3.07. The van der Waals surface area contributed by atoms with Crippen LogP contribution in [0.15, 0.2) is 18.2 Å². The van der Waals surface area contributed by atoms with Crippen molar-refractivity contribution in [1.82, 2.24) is 10.2 Å². The average Bonchev–Trinajstić information content (AvgIpc) is 2.55. The Kier molecular flexibility index (Phi) is 6.20. The van der Waals surface area contributed by atoms with Crippen LogP contribution in [0.3, 0.4) is 0 Å². The molecule has 0 unspecified atom stereocenters. The van der Waals surface area contributed by atoms with Gasteiger partial charge in [0.25, 0.3) is 5.91 Å². The Morgan fingerprint density at radius 1 is 1.30 bits per heavy atom. The zero-order valence-electron chi connectivity index (χ0n) is 14.5. The summed E-state index contributed by atoms with van der Waals surface area (Å²) in [5.41, 5.74) is 3.02. The minimum Gasteiger partial charge on any atom is -0.356 e. The molecule has 1 aliphatic heterocycles. The first kappa shape index (κ1) is 17.5. The fraction of sp³-hybridized carbons (Fsp3) is 0.579. The number of aryl methyl sites for hydroxylation is 1. The average molecular weight is 316 g/mol. The molecule has 1 aromatic carbocycles. The summed E-state index contributed by atoms with van der Waals surface area (Å²) in [5.74, 6) is 0.597. The fourth-order valence-corrected chi connectivity index (χ4v) is 3.14. The Morgan fingerprint density at radius 3 is 2.83 bits per heavy atom. The van der Waals surface area contributed by atoms with Crippen molar-refractivity contribution in [3.8, 4) is 0 Å². The number of likely N-dealkylation sites (tertiary alicyclic amines) is 1. The van der Waals surface area contributed by atoms with Crippen LogP contribution in [0, 0.1) is 19.8 Å². The summed E-state index contributed by atoms with van der Waals surface area (Å²) in [6, 6.07) is 5.90. The molecule has 1 aromatic rings. The van der Waals surface area contributed by atoms with Crippen molar-refractivity contribution in [2.24, 2.45) is 5.92 Å². The zero-order chi connectivity index (χ0) is 16.8. The molecule has 0 spiro atoms. The molecule has 1 atom stereocenters. The Hall–Kier alpha value is -1.84. The second kappa shape index (κ2) is 8.14. The maximum absolute atomic E-state index is 12.8. The molecule has 4 heteroatoms. The number of carbonyl (C=O) groups excluding carboxylic acids is 2.